The molecule has 0 bridgehead atoms. The van der Waals surface area contributed by atoms with Gasteiger partial charge >= 0.3 is 5.97 Å². The zero-order chi connectivity index (χ0) is 21.5. The lowest BCUT2D eigenvalue weighted by atomic mass is 10.1. The summed E-state index contributed by atoms with van der Waals surface area (Å²) < 4.78 is 5.37. The summed E-state index contributed by atoms with van der Waals surface area (Å²) in [5.74, 6) is 4.29. The molecule has 0 spiro atoms. The molecule has 7 heteroatoms. The van der Waals surface area contributed by atoms with Crippen molar-refractivity contribution in [1.82, 2.24) is 5.32 Å². The number of carboxylic acid groups (broad SMARTS) is 1. The first-order valence-corrected chi connectivity index (χ1v) is 9.70. The molecule has 2 aromatic rings. The number of carbonyl (C=O) groups is 2. The van der Waals surface area contributed by atoms with E-state index in [4.69, 9.17) is 9.84 Å². The number of anilines is 1. The van der Waals surface area contributed by atoms with Crippen LogP contribution in [0, 0.1) is 11.8 Å². The van der Waals surface area contributed by atoms with E-state index in [1.807, 2.05) is 24.3 Å². The number of morpholine rings is 1. The summed E-state index contributed by atoms with van der Waals surface area (Å²) in [6.45, 7) is 4.56. The lowest BCUT2D eigenvalue weighted by Crippen LogP contribution is -2.47. The third kappa shape index (κ3) is 5.60. The van der Waals surface area contributed by atoms with Crippen LogP contribution >= 0.6 is 0 Å². The highest BCUT2D eigenvalue weighted by molar-refractivity contribution is 5.96. The molecule has 1 amide bonds. The first-order valence-electron chi connectivity index (χ1n) is 9.70. The van der Waals surface area contributed by atoms with Crippen molar-refractivity contribution in [2.45, 2.75) is 19.1 Å². The van der Waals surface area contributed by atoms with Gasteiger partial charge in [0.2, 0.25) is 0 Å². The molecule has 0 aromatic heterocycles. The van der Waals surface area contributed by atoms with E-state index >= 15 is 0 Å². The maximum atomic E-state index is 12.2. The van der Waals surface area contributed by atoms with Crippen LogP contribution in [0.5, 0.6) is 0 Å². The lowest BCUT2D eigenvalue weighted by Gasteiger charge is -2.28. The molecule has 0 radical (unpaired) electrons. The topological polar surface area (TPSA) is 99.1 Å². The van der Waals surface area contributed by atoms with E-state index in [0.29, 0.717) is 5.56 Å². The summed E-state index contributed by atoms with van der Waals surface area (Å²) in [5.41, 5.74) is 3.06. The maximum absolute atomic E-state index is 12.2. The van der Waals surface area contributed by atoms with Gasteiger partial charge in [0.05, 0.1) is 19.3 Å². The van der Waals surface area contributed by atoms with Gasteiger partial charge in [0.25, 0.3) is 5.91 Å². The number of benzene rings is 2. The highest BCUT2D eigenvalue weighted by atomic mass is 16.5. The Morgan fingerprint density at radius 1 is 1.00 bits per heavy atom. The van der Waals surface area contributed by atoms with Crippen molar-refractivity contribution < 1.29 is 24.5 Å². The Labute approximate surface area is 175 Å². The van der Waals surface area contributed by atoms with Crippen molar-refractivity contribution in [3.05, 3.63) is 65.2 Å². The van der Waals surface area contributed by atoms with Crippen molar-refractivity contribution in [1.29, 1.82) is 0 Å². The van der Waals surface area contributed by atoms with E-state index in [9.17, 15) is 14.7 Å². The summed E-state index contributed by atoms with van der Waals surface area (Å²) in [6.07, 6.45) is -1.20. The monoisotopic (exact) mass is 408 g/mol. The van der Waals surface area contributed by atoms with Gasteiger partial charge < -0.3 is 25.2 Å². The molecule has 0 saturated carbocycles. The van der Waals surface area contributed by atoms with Gasteiger partial charge in [-0.15, -0.1) is 0 Å². The van der Waals surface area contributed by atoms with E-state index in [-0.39, 0.29) is 0 Å². The van der Waals surface area contributed by atoms with E-state index in [1.165, 1.54) is 6.92 Å². The number of rotatable bonds is 5. The van der Waals surface area contributed by atoms with Gasteiger partial charge in [-0.25, -0.2) is 4.79 Å². The molecular weight excluding hydrogens is 384 g/mol. The molecular formula is C23H24N2O5. The van der Waals surface area contributed by atoms with Crippen LogP contribution in [0.1, 0.15) is 28.4 Å². The fraction of sp³-hybridized carbons (Fsp3) is 0.304. The quantitative estimate of drug-likeness (QED) is 0.649. The minimum absolute atomic E-state index is 0.294. The first kappa shape index (κ1) is 21.4. The standard InChI is InChI=1S/C23H24N2O5/c1-16(26)21(23(28)29)24-22(27)19-8-4-17(5-9-19)2-3-18-6-10-20(11-7-18)25-12-14-30-15-13-25/h4-11,16,21,26H,12-15H2,1H3,(H,24,27)(H,28,29). The third-order valence-corrected chi connectivity index (χ3v) is 4.78. The molecule has 2 atom stereocenters. The average molecular weight is 408 g/mol. The Kier molecular flexibility index (Phi) is 7.07. The van der Waals surface area contributed by atoms with Gasteiger partial charge in [0.1, 0.15) is 0 Å². The number of amides is 1. The molecule has 3 rings (SSSR count). The van der Waals surface area contributed by atoms with E-state index in [2.05, 4.69) is 22.1 Å². The summed E-state index contributed by atoms with van der Waals surface area (Å²) in [6, 6.07) is 13.2. The van der Waals surface area contributed by atoms with E-state index in [0.717, 1.165) is 43.1 Å². The van der Waals surface area contributed by atoms with Crippen LogP contribution < -0.4 is 10.2 Å². The van der Waals surface area contributed by atoms with Gasteiger partial charge in [0, 0.05) is 35.5 Å². The average Bonchev–Trinajstić information content (AvgIpc) is 2.76. The summed E-state index contributed by atoms with van der Waals surface area (Å²) in [5, 5.41) is 20.8. The van der Waals surface area contributed by atoms with Crippen LogP contribution in [0.15, 0.2) is 48.5 Å². The number of aliphatic hydroxyl groups excluding tert-OH is 1. The predicted octanol–water partition coefficient (Wildman–Crippen LogP) is 1.49. The number of hydrogen-bond donors (Lipinski definition) is 3. The number of nitrogens with zero attached hydrogens (tertiary/aromatic N) is 1. The summed E-state index contributed by atoms with van der Waals surface area (Å²) >= 11 is 0. The van der Waals surface area contributed by atoms with Crippen LogP contribution in [0.4, 0.5) is 5.69 Å². The van der Waals surface area contributed by atoms with Crippen molar-refractivity contribution in [3.63, 3.8) is 0 Å². The number of nitrogens with one attached hydrogen (secondary N) is 1. The number of hydrogen-bond acceptors (Lipinski definition) is 5. The number of carboxylic acids is 1. The van der Waals surface area contributed by atoms with Gasteiger partial charge in [-0.1, -0.05) is 11.8 Å². The molecule has 7 nitrogen and oxygen atoms in total. The largest absolute Gasteiger partial charge is 0.480 e. The molecule has 1 saturated heterocycles. The van der Waals surface area contributed by atoms with Gasteiger partial charge in [-0.2, -0.15) is 0 Å². The number of ether oxygens (including phenoxy) is 1. The molecule has 1 heterocycles. The summed E-state index contributed by atoms with van der Waals surface area (Å²) in [7, 11) is 0. The van der Waals surface area contributed by atoms with Crippen molar-refractivity contribution in [2.75, 3.05) is 31.2 Å². The Morgan fingerprint density at radius 2 is 1.53 bits per heavy atom. The Hall–Kier alpha value is -3.34. The maximum Gasteiger partial charge on any atom is 0.328 e. The fourth-order valence-corrected chi connectivity index (χ4v) is 3.04. The molecule has 3 N–H and O–H groups in total. The Morgan fingerprint density at radius 3 is 2.03 bits per heavy atom. The SMILES string of the molecule is CC(O)C(NC(=O)c1ccc(C#Cc2ccc(N3CCOCC3)cc2)cc1)C(=O)O. The predicted molar refractivity (Wildman–Crippen MR) is 112 cm³/mol. The normalized spacial score (nSPS) is 15.5. The molecule has 30 heavy (non-hydrogen) atoms. The van der Waals surface area contributed by atoms with Crippen LogP contribution in [-0.4, -0.2) is 60.5 Å². The van der Waals surface area contributed by atoms with Gasteiger partial charge in [-0.05, 0) is 55.5 Å². The summed E-state index contributed by atoms with van der Waals surface area (Å²) in [4.78, 5) is 25.5. The number of aliphatic carboxylic acids is 1. The zero-order valence-corrected chi connectivity index (χ0v) is 16.7. The minimum atomic E-state index is -1.36. The van der Waals surface area contributed by atoms with Crippen LogP contribution in [0.3, 0.4) is 0 Å². The second-order valence-corrected chi connectivity index (χ2v) is 7.00. The third-order valence-electron chi connectivity index (χ3n) is 4.78. The minimum Gasteiger partial charge on any atom is -0.480 e. The number of aliphatic hydroxyl groups is 1. The van der Waals surface area contributed by atoms with Gasteiger partial charge in [0.15, 0.2) is 6.04 Å². The van der Waals surface area contributed by atoms with Crippen LogP contribution in [0.25, 0.3) is 0 Å². The molecule has 1 aliphatic rings. The molecule has 2 aromatic carbocycles. The molecule has 1 fully saturated rings. The second-order valence-electron chi connectivity index (χ2n) is 7.00. The lowest BCUT2D eigenvalue weighted by molar-refractivity contribution is -0.141. The second kappa shape index (κ2) is 9.92. The molecule has 0 aliphatic carbocycles. The van der Waals surface area contributed by atoms with E-state index in [1.54, 1.807) is 24.3 Å². The first-order chi connectivity index (χ1) is 14.4. The highest BCUT2D eigenvalue weighted by Gasteiger charge is 2.25. The smallest absolute Gasteiger partial charge is 0.328 e. The van der Waals surface area contributed by atoms with Gasteiger partial charge in [-0.3, -0.25) is 4.79 Å². The molecule has 2 unspecified atom stereocenters. The van der Waals surface area contributed by atoms with Crippen molar-refractivity contribution in [2.24, 2.45) is 0 Å². The van der Waals surface area contributed by atoms with Crippen LogP contribution in [-0.2, 0) is 9.53 Å². The Balaban J connectivity index is 1.62. The number of carbonyl (C=O) groups excluding carboxylic acids is 1. The van der Waals surface area contributed by atoms with Crippen LogP contribution in [0.2, 0.25) is 0 Å². The van der Waals surface area contributed by atoms with Crippen molar-refractivity contribution >= 4 is 17.6 Å². The fourth-order valence-electron chi connectivity index (χ4n) is 3.04. The molecule has 156 valence electrons. The Bertz CT molecular complexity index is 936. The van der Waals surface area contributed by atoms with Crippen molar-refractivity contribution in [3.8, 4) is 11.8 Å². The van der Waals surface area contributed by atoms with E-state index < -0.39 is 24.0 Å². The highest BCUT2D eigenvalue weighted by Crippen LogP contribution is 2.16. The molecule has 1 aliphatic heterocycles. The zero-order valence-electron chi connectivity index (χ0n) is 16.7.